The Kier molecular flexibility index (Phi) is 5.83. The number of hydrogen-bond donors (Lipinski definition) is 0. The number of esters is 1. The van der Waals surface area contributed by atoms with Crippen LogP contribution in [0.4, 0.5) is 5.69 Å². The number of carbonyl (C=O) groups excluding carboxylic acids is 1. The van der Waals surface area contributed by atoms with Gasteiger partial charge in [0.25, 0.3) is 0 Å². The van der Waals surface area contributed by atoms with E-state index in [4.69, 9.17) is 0 Å². The lowest BCUT2D eigenvalue weighted by Crippen LogP contribution is -2.29. The molecule has 27 heavy (non-hydrogen) atoms. The first-order chi connectivity index (χ1) is 12.5. The Morgan fingerprint density at radius 1 is 1.22 bits per heavy atom. The molecule has 1 heterocycles. The van der Waals surface area contributed by atoms with Gasteiger partial charge in [-0.25, -0.2) is 0 Å². The van der Waals surface area contributed by atoms with Crippen molar-refractivity contribution < 1.29 is 14.5 Å². The maximum atomic E-state index is 12.6. The van der Waals surface area contributed by atoms with Gasteiger partial charge in [-0.15, -0.1) is 0 Å². The highest BCUT2D eigenvalue weighted by molar-refractivity contribution is 5.69. The number of ether oxygens (including phenoxy) is 1. The third-order valence-corrected chi connectivity index (χ3v) is 4.47. The standard InChI is InChI=1S/C20H24N2O5/c1-13-10-15(11-14-6-8-16(9-7-14)20(2,3)4)18(22(25)26)19(24)21(13)12-17(23)27-5/h6-10H,11-12H2,1-5H3. The summed E-state index contributed by atoms with van der Waals surface area (Å²) in [6.45, 7) is 7.61. The van der Waals surface area contributed by atoms with E-state index < -0.39 is 22.1 Å². The lowest BCUT2D eigenvalue weighted by molar-refractivity contribution is -0.387. The Balaban J connectivity index is 2.46. The molecule has 0 aliphatic rings. The number of aromatic nitrogens is 1. The van der Waals surface area contributed by atoms with Gasteiger partial charge in [-0.05, 0) is 29.5 Å². The molecule has 144 valence electrons. The molecule has 0 N–H and O–H groups in total. The molecule has 0 fully saturated rings. The van der Waals surface area contributed by atoms with Crippen LogP contribution in [0.2, 0.25) is 0 Å². The maximum Gasteiger partial charge on any atom is 0.337 e. The Labute approximate surface area is 157 Å². The normalized spacial score (nSPS) is 11.3. The van der Waals surface area contributed by atoms with Crippen molar-refractivity contribution in [2.45, 2.75) is 46.1 Å². The fourth-order valence-electron chi connectivity index (χ4n) is 2.89. The zero-order chi connectivity index (χ0) is 20.4. The number of rotatable bonds is 5. The number of benzene rings is 1. The summed E-state index contributed by atoms with van der Waals surface area (Å²) in [6, 6.07) is 9.40. The van der Waals surface area contributed by atoms with E-state index in [-0.39, 0.29) is 18.4 Å². The monoisotopic (exact) mass is 372 g/mol. The molecule has 2 rings (SSSR count). The first-order valence-corrected chi connectivity index (χ1v) is 8.58. The van der Waals surface area contributed by atoms with E-state index in [1.165, 1.54) is 7.11 Å². The van der Waals surface area contributed by atoms with E-state index in [0.29, 0.717) is 11.3 Å². The molecule has 0 spiro atoms. The predicted molar refractivity (Wildman–Crippen MR) is 102 cm³/mol. The van der Waals surface area contributed by atoms with Crippen LogP contribution in [0, 0.1) is 17.0 Å². The summed E-state index contributed by atoms with van der Waals surface area (Å²) < 4.78 is 5.63. The minimum absolute atomic E-state index is 0.00940. The average Bonchev–Trinajstić information content (AvgIpc) is 2.57. The maximum absolute atomic E-state index is 12.6. The molecule has 7 heteroatoms. The van der Waals surface area contributed by atoms with Crippen molar-refractivity contribution in [3.8, 4) is 0 Å². The summed E-state index contributed by atoms with van der Waals surface area (Å²) >= 11 is 0. The Morgan fingerprint density at radius 2 is 1.81 bits per heavy atom. The van der Waals surface area contributed by atoms with Crippen molar-refractivity contribution >= 4 is 11.7 Å². The van der Waals surface area contributed by atoms with Gasteiger partial charge in [-0.3, -0.25) is 24.3 Å². The second-order valence-corrected chi connectivity index (χ2v) is 7.51. The average molecular weight is 372 g/mol. The second kappa shape index (κ2) is 7.73. The van der Waals surface area contributed by atoms with Crippen LogP contribution in [0.15, 0.2) is 35.1 Å². The van der Waals surface area contributed by atoms with E-state index in [9.17, 15) is 19.7 Å². The molecule has 0 saturated carbocycles. The number of methoxy groups -OCH3 is 1. The van der Waals surface area contributed by atoms with Crippen LogP contribution in [0.25, 0.3) is 0 Å². The van der Waals surface area contributed by atoms with Crippen LogP contribution in [0.5, 0.6) is 0 Å². The number of nitro groups is 1. The van der Waals surface area contributed by atoms with Gasteiger partial charge >= 0.3 is 17.2 Å². The minimum Gasteiger partial charge on any atom is -0.468 e. The summed E-state index contributed by atoms with van der Waals surface area (Å²) in [4.78, 5) is 34.9. The van der Waals surface area contributed by atoms with Crippen molar-refractivity contribution in [1.29, 1.82) is 0 Å². The predicted octanol–water partition coefficient (Wildman–Crippen LogP) is 3.13. The van der Waals surface area contributed by atoms with Crippen LogP contribution < -0.4 is 5.56 Å². The van der Waals surface area contributed by atoms with Crippen LogP contribution in [-0.4, -0.2) is 22.6 Å². The Bertz CT molecular complexity index is 921. The summed E-state index contributed by atoms with van der Waals surface area (Å²) in [5.74, 6) is -0.639. The molecular formula is C20H24N2O5. The van der Waals surface area contributed by atoms with Crippen LogP contribution in [-0.2, 0) is 27.9 Å². The summed E-state index contributed by atoms with van der Waals surface area (Å²) in [5, 5.41) is 11.5. The quantitative estimate of drug-likeness (QED) is 0.457. The molecule has 0 unspecified atom stereocenters. The van der Waals surface area contributed by atoms with E-state index in [1.54, 1.807) is 13.0 Å². The molecule has 0 amide bonds. The Hall–Kier alpha value is -2.96. The number of hydrogen-bond acceptors (Lipinski definition) is 5. The third kappa shape index (κ3) is 4.61. The molecule has 7 nitrogen and oxygen atoms in total. The first-order valence-electron chi connectivity index (χ1n) is 8.58. The lowest BCUT2D eigenvalue weighted by Gasteiger charge is -2.19. The van der Waals surface area contributed by atoms with E-state index in [1.807, 2.05) is 24.3 Å². The number of carbonyl (C=O) groups is 1. The number of pyridine rings is 1. The van der Waals surface area contributed by atoms with E-state index in [2.05, 4.69) is 25.5 Å². The highest BCUT2D eigenvalue weighted by Crippen LogP contribution is 2.24. The fourth-order valence-corrected chi connectivity index (χ4v) is 2.89. The zero-order valence-electron chi connectivity index (χ0n) is 16.2. The van der Waals surface area contributed by atoms with Crippen LogP contribution in [0.3, 0.4) is 0 Å². The van der Waals surface area contributed by atoms with E-state index >= 15 is 0 Å². The van der Waals surface area contributed by atoms with Crippen molar-refractivity contribution in [3.63, 3.8) is 0 Å². The van der Waals surface area contributed by atoms with Gasteiger partial charge in [0.2, 0.25) is 0 Å². The smallest absolute Gasteiger partial charge is 0.337 e. The van der Waals surface area contributed by atoms with Gasteiger partial charge in [-0.2, -0.15) is 0 Å². The Morgan fingerprint density at radius 3 is 2.30 bits per heavy atom. The second-order valence-electron chi connectivity index (χ2n) is 7.51. The highest BCUT2D eigenvalue weighted by atomic mass is 16.6. The molecule has 1 aromatic carbocycles. The van der Waals surface area contributed by atoms with E-state index in [0.717, 1.165) is 15.7 Å². The van der Waals surface area contributed by atoms with Crippen molar-refractivity contribution in [3.05, 3.63) is 73.2 Å². The van der Waals surface area contributed by atoms with Crippen LogP contribution >= 0.6 is 0 Å². The first kappa shape index (κ1) is 20.4. The van der Waals surface area contributed by atoms with Gasteiger partial charge in [-0.1, -0.05) is 45.0 Å². The fraction of sp³-hybridized carbons (Fsp3) is 0.400. The van der Waals surface area contributed by atoms with Gasteiger partial charge < -0.3 is 4.74 Å². The lowest BCUT2D eigenvalue weighted by atomic mass is 9.86. The topological polar surface area (TPSA) is 91.4 Å². The van der Waals surface area contributed by atoms with Gasteiger partial charge in [0.1, 0.15) is 6.54 Å². The minimum atomic E-state index is -0.799. The molecular weight excluding hydrogens is 348 g/mol. The molecule has 2 aromatic rings. The summed E-state index contributed by atoms with van der Waals surface area (Å²) in [5.41, 5.74) is 1.52. The third-order valence-electron chi connectivity index (χ3n) is 4.47. The zero-order valence-corrected chi connectivity index (χ0v) is 16.2. The molecule has 0 radical (unpaired) electrons. The van der Waals surface area contributed by atoms with Crippen LogP contribution in [0.1, 0.15) is 43.2 Å². The summed E-state index contributed by atoms with van der Waals surface area (Å²) in [7, 11) is 1.20. The molecule has 0 aliphatic heterocycles. The van der Waals surface area contributed by atoms with Crippen molar-refractivity contribution in [2.24, 2.45) is 0 Å². The molecule has 0 bridgehead atoms. The molecule has 0 saturated heterocycles. The number of aryl methyl sites for hydroxylation is 1. The van der Waals surface area contributed by atoms with Gasteiger partial charge in [0.05, 0.1) is 12.0 Å². The van der Waals surface area contributed by atoms with Gasteiger partial charge in [0.15, 0.2) is 0 Å². The number of nitrogens with zero attached hydrogens (tertiary/aromatic N) is 2. The van der Waals surface area contributed by atoms with Gasteiger partial charge in [0, 0.05) is 17.7 Å². The molecule has 0 atom stereocenters. The highest BCUT2D eigenvalue weighted by Gasteiger charge is 2.24. The van der Waals surface area contributed by atoms with Crippen molar-refractivity contribution in [1.82, 2.24) is 4.57 Å². The largest absolute Gasteiger partial charge is 0.468 e. The SMILES string of the molecule is COC(=O)Cn1c(C)cc(Cc2ccc(C(C)(C)C)cc2)c([N+](=O)[O-])c1=O. The molecule has 0 aliphatic carbocycles. The molecule has 1 aromatic heterocycles. The summed E-state index contributed by atoms with van der Waals surface area (Å²) in [6.07, 6.45) is 0.260. The van der Waals surface area contributed by atoms with Crippen molar-refractivity contribution in [2.75, 3.05) is 7.11 Å².